The molecule has 2 fully saturated rings. The van der Waals surface area contributed by atoms with Crippen LogP contribution in [0.1, 0.15) is 44.9 Å². The van der Waals surface area contributed by atoms with Crippen molar-refractivity contribution in [3.63, 3.8) is 0 Å². The van der Waals surface area contributed by atoms with E-state index in [1.807, 2.05) is 4.90 Å². The van der Waals surface area contributed by atoms with Gasteiger partial charge in [-0.05, 0) is 37.8 Å². The largest absolute Gasteiger partial charge is 0.355 e. The zero-order valence-electron chi connectivity index (χ0n) is 15.0. The number of carbonyl (C=O) groups excluding carboxylic acids is 1. The predicted octanol–water partition coefficient (Wildman–Crippen LogP) is 3.43. The number of hydrogen-bond donors (Lipinski definition) is 1. The second-order valence-corrected chi connectivity index (χ2v) is 7.46. The van der Waals surface area contributed by atoms with Crippen LogP contribution in [0.3, 0.4) is 0 Å². The van der Waals surface area contributed by atoms with Crippen LogP contribution in [0.25, 0.3) is 10.9 Å². The summed E-state index contributed by atoms with van der Waals surface area (Å²) in [5.74, 6) is 0.359. The molecule has 0 bridgehead atoms. The number of piperidine rings is 1. The average molecular weight is 356 g/mol. The summed E-state index contributed by atoms with van der Waals surface area (Å²) in [5, 5.41) is 3.68. The molecule has 1 saturated carbocycles. The highest BCUT2D eigenvalue weighted by Gasteiger charge is 2.29. The van der Waals surface area contributed by atoms with Crippen LogP contribution < -0.4 is 10.2 Å². The third kappa shape index (κ3) is 3.50. The fourth-order valence-corrected chi connectivity index (χ4v) is 4.24. The molecule has 2 aromatic rings. The molecule has 0 radical (unpaired) electrons. The molecule has 6 heteroatoms. The first-order valence-corrected chi connectivity index (χ1v) is 9.67. The van der Waals surface area contributed by atoms with Crippen molar-refractivity contribution in [1.29, 1.82) is 0 Å². The predicted molar refractivity (Wildman–Crippen MR) is 99.4 cm³/mol. The van der Waals surface area contributed by atoms with E-state index in [0.717, 1.165) is 32.2 Å². The van der Waals surface area contributed by atoms with Crippen molar-refractivity contribution in [1.82, 2.24) is 15.3 Å². The van der Waals surface area contributed by atoms with Crippen molar-refractivity contribution >= 4 is 22.6 Å². The minimum atomic E-state index is -0.313. The molecule has 1 aliphatic carbocycles. The monoisotopic (exact) mass is 356 g/mol. The summed E-state index contributed by atoms with van der Waals surface area (Å²) in [7, 11) is 0. The zero-order valence-corrected chi connectivity index (χ0v) is 15.0. The van der Waals surface area contributed by atoms with Crippen LogP contribution in [0.4, 0.5) is 10.2 Å². The lowest BCUT2D eigenvalue weighted by Gasteiger charge is -2.34. The molecule has 1 atom stereocenters. The van der Waals surface area contributed by atoms with E-state index < -0.39 is 0 Å². The molecule has 1 saturated heterocycles. The fourth-order valence-electron chi connectivity index (χ4n) is 4.24. The molecule has 1 aliphatic heterocycles. The second-order valence-electron chi connectivity index (χ2n) is 7.46. The van der Waals surface area contributed by atoms with Crippen LogP contribution in [0, 0.1) is 11.7 Å². The van der Waals surface area contributed by atoms with Crippen LogP contribution in [0.5, 0.6) is 0 Å². The topological polar surface area (TPSA) is 58.1 Å². The number of fused-ring (bicyclic) bond motifs is 1. The Bertz CT molecular complexity index is 785. The summed E-state index contributed by atoms with van der Waals surface area (Å²) in [4.78, 5) is 23.3. The van der Waals surface area contributed by atoms with Crippen molar-refractivity contribution < 1.29 is 9.18 Å². The van der Waals surface area contributed by atoms with E-state index in [1.165, 1.54) is 31.7 Å². The Labute approximate surface area is 153 Å². The Balaban J connectivity index is 1.51. The van der Waals surface area contributed by atoms with Crippen molar-refractivity contribution in [2.75, 3.05) is 18.0 Å². The van der Waals surface area contributed by atoms with Gasteiger partial charge in [0.05, 0.1) is 16.8 Å². The van der Waals surface area contributed by atoms with Crippen molar-refractivity contribution in [2.24, 2.45) is 5.92 Å². The molecule has 138 valence electrons. The minimum Gasteiger partial charge on any atom is -0.355 e. The number of benzene rings is 1. The number of amides is 1. The zero-order chi connectivity index (χ0) is 17.9. The van der Waals surface area contributed by atoms with E-state index in [9.17, 15) is 9.18 Å². The normalized spacial score (nSPS) is 21.7. The van der Waals surface area contributed by atoms with Crippen molar-refractivity contribution in [3.05, 3.63) is 30.3 Å². The number of nitrogens with one attached hydrogen (secondary N) is 1. The molecule has 0 unspecified atom stereocenters. The lowest BCUT2D eigenvalue weighted by atomic mass is 9.93. The maximum Gasteiger partial charge on any atom is 0.225 e. The molecule has 1 aromatic heterocycles. The molecule has 1 aromatic carbocycles. The number of rotatable bonds is 3. The van der Waals surface area contributed by atoms with E-state index in [-0.39, 0.29) is 17.6 Å². The molecule has 5 nitrogen and oxygen atoms in total. The van der Waals surface area contributed by atoms with Crippen LogP contribution in [-0.4, -0.2) is 35.0 Å². The van der Waals surface area contributed by atoms with Gasteiger partial charge in [-0.3, -0.25) is 4.79 Å². The SMILES string of the molecule is O=C(NC1CCCCC1)[C@@H]1CCCN(c2ncnc3cccc(F)c23)C1. The van der Waals surface area contributed by atoms with Crippen molar-refractivity contribution in [2.45, 2.75) is 51.0 Å². The summed E-state index contributed by atoms with van der Waals surface area (Å²) >= 11 is 0. The Kier molecular flexibility index (Phi) is 5.00. The molecule has 2 aliphatic rings. The van der Waals surface area contributed by atoms with Gasteiger partial charge in [-0.1, -0.05) is 25.3 Å². The van der Waals surface area contributed by atoms with Gasteiger partial charge in [-0.25, -0.2) is 14.4 Å². The first-order chi connectivity index (χ1) is 12.7. The molecule has 26 heavy (non-hydrogen) atoms. The first-order valence-electron chi connectivity index (χ1n) is 9.67. The molecular weight excluding hydrogens is 331 g/mol. The smallest absolute Gasteiger partial charge is 0.225 e. The Morgan fingerprint density at radius 3 is 2.81 bits per heavy atom. The number of halogens is 1. The lowest BCUT2D eigenvalue weighted by Crippen LogP contribution is -2.46. The molecule has 4 rings (SSSR count). The van der Waals surface area contributed by atoms with E-state index in [2.05, 4.69) is 15.3 Å². The van der Waals surface area contributed by atoms with Gasteiger partial charge in [0.1, 0.15) is 18.0 Å². The number of hydrogen-bond acceptors (Lipinski definition) is 4. The van der Waals surface area contributed by atoms with E-state index in [1.54, 1.807) is 12.1 Å². The maximum atomic E-state index is 14.4. The molecule has 0 spiro atoms. The lowest BCUT2D eigenvalue weighted by molar-refractivity contribution is -0.126. The summed E-state index contributed by atoms with van der Waals surface area (Å²) in [5.41, 5.74) is 0.601. The van der Waals surface area contributed by atoms with Gasteiger partial charge < -0.3 is 10.2 Å². The summed E-state index contributed by atoms with van der Waals surface area (Å²) in [6.45, 7) is 1.37. The maximum absolute atomic E-state index is 14.4. The Morgan fingerprint density at radius 1 is 1.12 bits per heavy atom. The molecular formula is C20H25FN4O. The summed E-state index contributed by atoms with van der Waals surface area (Å²) in [6.07, 6.45) is 9.11. The van der Waals surface area contributed by atoms with Crippen LogP contribution in [-0.2, 0) is 4.79 Å². The first kappa shape index (κ1) is 17.2. The van der Waals surface area contributed by atoms with Gasteiger partial charge in [0.15, 0.2) is 0 Å². The van der Waals surface area contributed by atoms with E-state index in [4.69, 9.17) is 0 Å². The van der Waals surface area contributed by atoms with Crippen LogP contribution in [0.2, 0.25) is 0 Å². The van der Waals surface area contributed by atoms with Gasteiger partial charge in [0.25, 0.3) is 0 Å². The minimum absolute atomic E-state index is 0.0672. The quantitative estimate of drug-likeness (QED) is 0.915. The van der Waals surface area contributed by atoms with Gasteiger partial charge in [-0.2, -0.15) is 0 Å². The standard InChI is InChI=1S/C20H25FN4O/c21-16-9-4-10-17-18(16)19(23-13-22-17)25-11-5-6-14(12-25)20(26)24-15-7-2-1-3-8-15/h4,9-10,13-15H,1-3,5-8,11-12H2,(H,24,26)/t14-/m1/s1. The fraction of sp³-hybridized carbons (Fsp3) is 0.550. The summed E-state index contributed by atoms with van der Waals surface area (Å²) in [6, 6.07) is 5.21. The molecule has 2 heterocycles. The van der Waals surface area contributed by atoms with E-state index in [0.29, 0.717) is 29.3 Å². The van der Waals surface area contributed by atoms with Crippen LogP contribution in [0.15, 0.2) is 24.5 Å². The third-order valence-corrected chi connectivity index (χ3v) is 5.64. The van der Waals surface area contributed by atoms with E-state index >= 15 is 0 Å². The number of aromatic nitrogens is 2. The van der Waals surface area contributed by atoms with Gasteiger partial charge in [0, 0.05) is 19.1 Å². The number of nitrogens with zero attached hydrogens (tertiary/aromatic N) is 3. The number of anilines is 1. The highest BCUT2D eigenvalue weighted by molar-refractivity contribution is 5.90. The Hall–Kier alpha value is -2.24. The summed E-state index contributed by atoms with van der Waals surface area (Å²) < 4.78 is 14.4. The second kappa shape index (κ2) is 7.56. The van der Waals surface area contributed by atoms with Gasteiger partial charge in [0.2, 0.25) is 5.91 Å². The number of carbonyl (C=O) groups is 1. The van der Waals surface area contributed by atoms with Crippen LogP contribution >= 0.6 is 0 Å². The third-order valence-electron chi connectivity index (χ3n) is 5.64. The van der Waals surface area contributed by atoms with Crippen molar-refractivity contribution in [3.8, 4) is 0 Å². The van der Waals surface area contributed by atoms with Gasteiger partial charge in [-0.15, -0.1) is 0 Å². The molecule has 1 N–H and O–H groups in total. The molecule has 1 amide bonds. The average Bonchev–Trinajstić information content (AvgIpc) is 2.69. The van der Waals surface area contributed by atoms with Gasteiger partial charge >= 0.3 is 0 Å². The Morgan fingerprint density at radius 2 is 1.96 bits per heavy atom. The highest BCUT2D eigenvalue weighted by Crippen LogP contribution is 2.29. The highest BCUT2D eigenvalue weighted by atomic mass is 19.1.